The number of nitrogens with zero attached hydrogens (tertiary/aromatic N) is 3. The Morgan fingerprint density at radius 3 is 2.57 bits per heavy atom. The van der Waals surface area contributed by atoms with Gasteiger partial charge in [-0.2, -0.15) is 5.10 Å². The second kappa shape index (κ2) is 5.16. The van der Waals surface area contributed by atoms with E-state index in [1.165, 1.54) is 24.3 Å². The molecule has 0 spiro atoms. The smallest absolute Gasteiger partial charge is 0.269 e. The van der Waals surface area contributed by atoms with Crippen LogP contribution in [0.3, 0.4) is 0 Å². The van der Waals surface area contributed by atoms with Crippen molar-refractivity contribution in [3.05, 3.63) is 70.4 Å². The highest BCUT2D eigenvalue weighted by Gasteiger charge is 2.11. The number of Topliss-reactive ketones (excluding diaryl/α,β-unsaturated/α-hetero) is 1. The summed E-state index contributed by atoms with van der Waals surface area (Å²) in [6.07, 6.45) is 1.71. The Morgan fingerprint density at radius 2 is 1.86 bits per heavy atom. The first-order chi connectivity index (χ1) is 10.1. The summed E-state index contributed by atoms with van der Waals surface area (Å²) < 4.78 is 1.62. The van der Waals surface area contributed by atoms with E-state index in [1.807, 2.05) is 24.3 Å². The number of carbonyl (C=O) groups excluding carboxylic acids is 1. The van der Waals surface area contributed by atoms with Gasteiger partial charge in [0.15, 0.2) is 5.78 Å². The fourth-order valence-electron chi connectivity index (χ4n) is 2.15. The topological polar surface area (TPSA) is 78.0 Å². The van der Waals surface area contributed by atoms with Crippen LogP contribution in [0.4, 0.5) is 5.69 Å². The number of hydrogen-bond acceptors (Lipinski definition) is 4. The molecule has 0 aliphatic heterocycles. The van der Waals surface area contributed by atoms with E-state index in [0.29, 0.717) is 5.56 Å². The summed E-state index contributed by atoms with van der Waals surface area (Å²) in [5, 5.41) is 15.8. The monoisotopic (exact) mass is 281 g/mol. The molecule has 6 heteroatoms. The molecule has 0 radical (unpaired) electrons. The molecular weight excluding hydrogens is 270 g/mol. The van der Waals surface area contributed by atoms with Gasteiger partial charge in [-0.25, -0.2) is 0 Å². The van der Waals surface area contributed by atoms with Gasteiger partial charge in [0.1, 0.15) is 6.54 Å². The molecule has 3 aromatic rings. The van der Waals surface area contributed by atoms with Gasteiger partial charge in [-0.3, -0.25) is 19.6 Å². The second-order valence-corrected chi connectivity index (χ2v) is 4.59. The van der Waals surface area contributed by atoms with Crippen molar-refractivity contribution >= 4 is 22.4 Å². The average Bonchev–Trinajstić information content (AvgIpc) is 2.91. The summed E-state index contributed by atoms with van der Waals surface area (Å²) in [7, 11) is 0. The van der Waals surface area contributed by atoms with Gasteiger partial charge >= 0.3 is 0 Å². The molecule has 0 saturated carbocycles. The van der Waals surface area contributed by atoms with E-state index in [1.54, 1.807) is 10.9 Å². The molecule has 0 fully saturated rings. The van der Waals surface area contributed by atoms with Crippen molar-refractivity contribution in [2.24, 2.45) is 0 Å². The maximum atomic E-state index is 12.2. The van der Waals surface area contributed by atoms with E-state index >= 15 is 0 Å². The Hall–Kier alpha value is -3.02. The van der Waals surface area contributed by atoms with Crippen molar-refractivity contribution in [3.63, 3.8) is 0 Å². The Bertz CT molecular complexity index is 822. The van der Waals surface area contributed by atoms with Crippen LogP contribution in [0.25, 0.3) is 10.9 Å². The van der Waals surface area contributed by atoms with Gasteiger partial charge in [0, 0.05) is 23.1 Å². The molecule has 0 unspecified atom stereocenters. The summed E-state index contributed by atoms with van der Waals surface area (Å²) in [6, 6.07) is 13.2. The summed E-state index contributed by atoms with van der Waals surface area (Å²) in [4.78, 5) is 22.3. The quantitative estimate of drug-likeness (QED) is 0.418. The number of hydrogen-bond donors (Lipinski definition) is 0. The van der Waals surface area contributed by atoms with Crippen molar-refractivity contribution in [1.29, 1.82) is 0 Å². The van der Waals surface area contributed by atoms with Gasteiger partial charge in [0.05, 0.1) is 16.6 Å². The van der Waals surface area contributed by atoms with E-state index in [9.17, 15) is 14.9 Å². The van der Waals surface area contributed by atoms with Crippen LogP contribution in [0.15, 0.2) is 54.7 Å². The molecule has 0 amide bonds. The van der Waals surface area contributed by atoms with Crippen molar-refractivity contribution < 1.29 is 9.72 Å². The summed E-state index contributed by atoms with van der Waals surface area (Å²) in [5.74, 6) is -0.140. The maximum Gasteiger partial charge on any atom is 0.269 e. The van der Waals surface area contributed by atoms with Gasteiger partial charge in [0.2, 0.25) is 0 Å². The lowest BCUT2D eigenvalue weighted by Gasteiger charge is -2.03. The Labute approximate surface area is 119 Å². The lowest BCUT2D eigenvalue weighted by atomic mass is 10.1. The number of ketones is 1. The highest BCUT2D eigenvalue weighted by molar-refractivity contribution is 5.96. The van der Waals surface area contributed by atoms with Crippen molar-refractivity contribution in [2.75, 3.05) is 0 Å². The van der Waals surface area contributed by atoms with Gasteiger partial charge in [-0.05, 0) is 18.2 Å². The third kappa shape index (κ3) is 2.51. The summed E-state index contributed by atoms with van der Waals surface area (Å²) >= 11 is 0. The van der Waals surface area contributed by atoms with Crippen molar-refractivity contribution in [2.45, 2.75) is 6.54 Å². The number of benzene rings is 2. The minimum absolute atomic E-state index is 0.0314. The molecule has 1 aromatic heterocycles. The number of fused-ring (bicyclic) bond motifs is 1. The maximum absolute atomic E-state index is 12.2. The lowest BCUT2D eigenvalue weighted by molar-refractivity contribution is -0.384. The Morgan fingerprint density at radius 1 is 1.14 bits per heavy atom. The predicted octanol–water partition coefficient (Wildman–Crippen LogP) is 2.83. The first kappa shape index (κ1) is 13.0. The van der Waals surface area contributed by atoms with Gasteiger partial charge in [0.25, 0.3) is 5.69 Å². The van der Waals surface area contributed by atoms with Crippen LogP contribution >= 0.6 is 0 Å². The molecule has 0 bridgehead atoms. The number of non-ortho nitro benzene ring substituents is 1. The normalized spacial score (nSPS) is 10.7. The number of rotatable bonds is 4. The van der Waals surface area contributed by atoms with Crippen LogP contribution in [-0.4, -0.2) is 20.5 Å². The number of nitro groups is 1. The van der Waals surface area contributed by atoms with Crippen LogP contribution in [0.2, 0.25) is 0 Å². The van der Waals surface area contributed by atoms with Gasteiger partial charge in [-0.1, -0.05) is 18.2 Å². The molecule has 0 aliphatic rings. The van der Waals surface area contributed by atoms with E-state index < -0.39 is 4.92 Å². The summed E-state index contributed by atoms with van der Waals surface area (Å²) in [6.45, 7) is 0.103. The zero-order valence-electron chi connectivity index (χ0n) is 11.0. The SMILES string of the molecule is O=C(Cn1ncc2ccccc21)c1ccc([N+](=O)[O-])cc1. The largest absolute Gasteiger partial charge is 0.292 e. The number of para-hydroxylation sites is 1. The minimum Gasteiger partial charge on any atom is -0.292 e. The van der Waals surface area contributed by atoms with E-state index in [2.05, 4.69) is 5.10 Å². The first-order valence-corrected chi connectivity index (χ1v) is 6.33. The molecule has 0 aliphatic carbocycles. The fourth-order valence-corrected chi connectivity index (χ4v) is 2.15. The third-order valence-electron chi connectivity index (χ3n) is 3.24. The molecule has 0 atom stereocenters. The van der Waals surface area contributed by atoms with Crippen molar-refractivity contribution in [1.82, 2.24) is 9.78 Å². The molecule has 3 rings (SSSR count). The standard InChI is InChI=1S/C15H11N3O3/c19-15(11-5-7-13(8-6-11)18(20)21)10-17-14-4-2-1-3-12(14)9-16-17/h1-9H,10H2. The lowest BCUT2D eigenvalue weighted by Crippen LogP contribution is -2.11. The number of carbonyl (C=O) groups is 1. The number of nitro benzene ring substituents is 1. The molecular formula is C15H11N3O3. The molecule has 0 N–H and O–H groups in total. The Kier molecular flexibility index (Phi) is 3.19. The second-order valence-electron chi connectivity index (χ2n) is 4.59. The van der Waals surface area contributed by atoms with Gasteiger partial charge < -0.3 is 0 Å². The molecule has 104 valence electrons. The molecule has 1 heterocycles. The Balaban J connectivity index is 1.84. The number of aromatic nitrogens is 2. The average molecular weight is 281 g/mol. The molecule has 2 aromatic carbocycles. The minimum atomic E-state index is -0.491. The van der Waals surface area contributed by atoms with E-state index in [0.717, 1.165) is 10.9 Å². The van der Waals surface area contributed by atoms with E-state index in [4.69, 9.17) is 0 Å². The summed E-state index contributed by atoms with van der Waals surface area (Å²) in [5.41, 5.74) is 1.28. The first-order valence-electron chi connectivity index (χ1n) is 6.33. The van der Waals surface area contributed by atoms with Crippen molar-refractivity contribution in [3.8, 4) is 0 Å². The molecule has 21 heavy (non-hydrogen) atoms. The van der Waals surface area contributed by atoms with Crippen LogP contribution in [0, 0.1) is 10.1 Å². The van der Waals surface area contributed by atoms with E-state index in [-0.39, 0.29) is 18.0 Å². The van der Waals surface area contributed by atoms with Crippen LogP contribution in [0.1, 0.15) is 10.4 Å². The molecule has 0 saturated heterocycles. The third-order valence-corrected chi connectivity index (χ3v) is 3.24. The van der Waals surface area contributed by atoms with Gasteiger partial charge in [-0.15, -0.1) is 0 Å². The van der Waals surface area contributed by atoms with Crippen LogP contribution < -0.4 is 0 Å². The highest BCUT2D eigenvalue weighted by Crippen LogP contribution is 2.15. The van der Waals surface area contributed by atoms with Crippen LogP contribution in [-0.2, 0) is 6.54 Å². The zero-order valence-corrected chi connectivity index (χ0v) is 11.0. The fraction of sp³-hybridized carbons (Fsp3) is 0.0667. The molecule has 6 nitrogen and oxygen atoms in total. The predicted molar refractivity (Wildman–Crippen MR) is 77.2 cm³/mol. The highest BCUT2D eigenvalue weighted by atomic mass is 16.6. The zero-order chi connectivity index (χ0) is 14.8. The van der Waals surface area contributed by atoms with Crippen LogP contribution in [0.5, 0.6) is 0 Å².